The van der Waals surface area contributed by atoms with Crippen molar-refractivity contribution in [3.63, 3.8) is 0 Å². The van der Waals surface area contributed by atoms with Gasteiger partial charge in [0, 0.05) is 9.28 Å². The van der Waals surface area contributed by atoms with Gasteiger partial charge in [0.2, 0.25) is 0 Å². The van der Waals surface area contributed by atoms with Gasteiger partial charge in [-0.1, -0.05) is 11.6 Å². The first-order chi connectivity index (χ1) is 11.8. The van der Waals surface area contributed by atoms with Gasteiger partial charge in [0.15, 0.2) is 6.10 Å². The lowest BCUT2D eigenvalue weighted by Gasteiger charge is -2.14. The minimum atomic E-state index is -0.666. The Morgan fingerprint density at radius 3 is 2.40 bits per heavy atom. The number of benzene rings is 2. The number of ether oxygens (including phenoxy) is 2. The summed E-state index contributed by atoms with van der Waals surface area (Å²) in [6, 6.07) is 12.5. The van der Waals surface area contributed by atoms with Gasteiger partial charge in [-0.2, -0.15) is 5.10 Å². The molecule has 0 heterocycles. The number of amides is 1. The molecule has 2 aromatic rings. The fraction of sp³-hybridized carbons (Fsp3) is 0.222. The molecule has 0 aliphatic rings. The van der Waals surface area contributed by atoms with Gasteiger partial charge in [-0.3, -0.25) is 4.79 Å². The maximum absolute atomic E-state index is 11.8. The van der Waals surface area contributed by atoms with E-state index in [0.29, 0.717) is 22.3 Å². The number of carbonyl (C=O) groups is 1. The van der Waals surface area contributed by atoms with Crippen molar-refractivity contribution < 1.29 is 14.3 Å². The molecule has 2 aromatic carbocycles. The van der Waals surface area contributed by atoms with Crippen molar-refractivity contribution in [2.24, 2.45) is 5.10 Å². The van der Waals surface area contributed by atoms with E-state index in [1.54, 1.807) is 45.0 Å². The van der Waals surface area contributed by atoms with E-state index in [1.807, 2.05) is 18.2 Å². The van der Waals surface area contributed by atoms with Crippen molar-refractivity contribution in [2.75, 3.05) is 0 Å². The van der Waals surface area contributed by atoms with Gasteiger partial charge in [0.25, 0.3) is 5.91 Å². The molecular formula is C18H18ClIN2O3. The molecule has 1 N–H and O–H groups in total. The van der Waals surface area contributed by atoms with E-state index in [1.165, 1.54) is 0 Å². The van der Waals surface area contributed by atoms with Crippen LogP contribution in [-0.4, -0.2) is 17.7 Å². The second-order valence-corrected chi connectivity index (χ2v) is 7.10. The summed E-state index contributed by atoms with van der Waals surface area (Å²) in [5.41, 5.74) is 3.20. The van der Waals surface area contributed by atoms with Crippen LogP contribution in [0.5, 0.6) is 17.2 Å². The number of halogens is 2. The van der Waals surface area contributed by atoms with Gasteiger partial charge in [0.1, 0.15) is 17.2 Å². The Hall–Kier alpha value is -1.80. The molecule has 0 aliphatic carbocycles. The number of nitrogens with one attached hydrogen (secondary N) is 1. The Morgan fingerprint density at radius 2 is 1.80 bits per heavy atom. The quantitative estimate of drug-likeness (QED) is 0.365. The zero-order valence-corrected chi connectivity index (χ0v) is 17.0. The van der Waals surface area contributed by atoms with Crippen molar-refractivity contribution in [2.45, 2.75) is 26.9 Å². The summed E-state index contributed by atoms with van der Waals surface area (Å²) < 4.78 is 12.4. The molecule has 0 aliphatic heterocycles. The van der Waals surface area contributed by atoms with E-state index in [4.69, 9.17) is 21.1 Å². The number of nitrogens with zero attached hydrogens (tertiary/aromatic N) is 1. The molecule has 0 bridgehead atoms. The van der Waals surface area contributed by atoms with Gasteiger partial charge in [-0.25, -0.2) is 5.43 Å². The zero-order valence-electron chi connectivity index (χ0n) is 14.0. The van der Waals surface area contributed by atoms with Crippen LogP contribution in [0.15, 0.2) is 47.6 Å². The van der Waals surface area contributed by atoms with Crippen molar-refractivity contribution in [1.29, 1.82) is 0 Å². The monoisotopic (exact) mass is 472 g/mol. The SMILES string of the molecule is CC(C)=NNC(=O)C(C)Oc1ccc(Oc2ccc(I)cc2Cl)cc1. The van der Waals surface area contributed by atoms with Crippen LogP contribution in [-0.2, 0) is 4.79 Å². The molecule has 2 rings (SSSR count). The standard InChI is InChI=1S/C18H18ClIN2O3/c1-11(2)21-22-18(23)12(3)24-14-5-7-15(8-6-14)25-17-9-4-13(20)10-16(17)19/h4-10,12H,1-3H3,(H,22,23). The molecule has 0 aromatic heterocycles. The minimum absolute atomic E-state index is 0.313. The third-order valence-electron chi connectivity index (χ3n) is 3.02. The highest BCUT2D eigenvalue weighted by molar-refractivity contribution is 14.1. The Balaban J connectivity index is 1.97. The lowest BCUT2D eigenvalue weighted by Crippen LogP contribution is -2.33. The first-order valence-corrected chi connectivity index (χ1v) is 9.01. The third kappa shape index (κ3) is 6.21. The third-order valence-corrected chi connectivity index (χ3v) is 3.98. The molecule has 0 radical (unpaired) electrons. The first-order valence-electron chi connectivity index (χ1n) is 7.55. The molecule has 0 saturated heterocycles. The van der Waals surface area contributed by atoms with Gasteiger partial charge in [0.05, 0.1) is 5.02 Å². The summed E-state index contributed by atoms with van der Waals surface area (Å²) in [5, 5.41) is 4.41. The molecule has 1 atom stereocenters. The van der Waals surface area contributed by atoms with Crippen molar-refractivity contribution >= 4 is 45.8 Å². The van der Waals surface area contributed by atoms with E-state index < -0.39 is 6.10 Å². The molecule has 0 fully saturated rings. The summed E-state index contributed by atoms with van der Waals surface area (Å²) in [6.07, 6.45) is -0.666. The van der Waals surface area contributed by atoms with Gasteiger partial charge in [-0.15, -0.1) is 0 Å². The second-order valence-electron chi connectivity index (χ2n) is 5.44. The van der Waals surface area contributed by atoms with Gasteiger partial charge in [-0.05, 0) is 85.8 Å². The van der Waals surface area contributed by atoms with Gasteiger partial charge < -0.3 is 9.47 Å². The van der Waals surface area contributed by atoms with Crippen molar-refractivity contribution in [3.8, 4) is 17.2 Å². The highest BCUT2D eigenvalue weighted by atomic mass is 127. The smallest absolute Gasteiger partial charge is 0.280 e. The van der Waals surface area contributed by atoms with Crippen LogP contribution in [0.3, 0.4) is 0 Å². The number of carbonyl (C=O) groups excluding carboxylic acids is 1. The maximum atomic E-state index is 11.8. The Morgan fingerprint density at radius 1 is 1.16 bits per heavy atom. The average Bonchev–Trinajstić information content (AvgIpc) is 2.56. The van der Waals surface area contributed by atoms with Crippen molar-refractivity contribution in [1.82, 2.24) is 5.43 Å². The van der Waals surface area contributed by atoms with E-state index >= 15 is 0 Å². The molecule has 7 heteroatoms. The van der Waals surface area contributed by atoms with Crippen LogP contribution < -0.4 is 14.9 Å². The highest BCUT2D eigenvalue weighted by Gasteiger charge is 2.14. The molecule has 132 valence electrons. The lowest BCUT2D eigenvalue weighted by molar-refractivity contribution is -0.127. The van der Waals surface area contributed by atoms with Gasteiger partial charge >= 0.3 is 0 Å². The predicted molar refractivity (Wildman–Crippen MR) is 108 cm³/mol. The molecular weight excluding hydrogens is 455 g/mol. The lowest BCUT2D eigenvalue weighted by atomic mass is 10.3. The fourth-order valence-electron chi connectivity index (χ4n) is 1.79. The fourth-order valence-corrected chi connectivity index (χ4v) is 2.68. The maximum Gasteiger partial charge on any atom is 0.280 e. The molecule has 25 heavy (non-hydrogen) atoms. The van der Waals surface area contributed by atoms with E-state index in [0.717, 1.165) is 9.28 Å². The van der Waals surface area contributed by atoms with Crippen LogP contribution in [0, 0.1) is 3.57 Å². The summed E-state index contributed by atoms with van der Waals surface area (Å²) >= 11 is 8.34. The number of hydrogen-bond donors (Lipinski definition) is 1. The normalized spacial score (nSPS) is 11.4. The number of hydrogen-bond acceptors (Lipinski definition) is 4. The van der Waals surface area contributed by atoms with E-state index in [9.17, 15) is 4.79 Å². The Bertz CT molecular complexity index is 774. The first kappa shape index (κ1) is 19.5. The average molecular weight is 473 g/mol. The molecule has 1 amide bonds. The minimum Gasteiger partial charge on any atom is -0.481 e. The number of rotatable bonds is 6. The Labute approximate surface area is 165 Å². The van der Waals surface area contributed by atoms with Crippen LogP contribution >= 0.6 is 34.2 Å². The Kier molecular flexibility index (Phi) is 7.07. The largest absolute Gasteiger partial charge is 0.481 e. The molecule has 5 nitrogen and oxygen atoms in total. The van der Waals surface area contributed by atoms with Crippen LogP contribution in [0.4, 0.5) is 0 Å². The summed E-state index contributed by atoms with van der Waals surface area (Å²) in [6.45, 7) is 5.25. The molecule has 0 spiro atoms. The van der Waals surface area contributed by atoms with E-state index in [2.05, 4.69) is 33.1 Å². The number of hydrazone groups is 1. The zero-order chi connectivity index (χ0) is 18.4. The van der Waals surface area contributed by atoms with Crippen LogP contribution in [0.1, 0.15) is 20.8 Å². The van der Waals surface area contributed by atoms with Crippen LogP contribution in [0.2, 0.25) is 5.02 Å². The highest BCUT2D eigenvalue weighted by Crippen LogP contribution is 2.31. The summed E-state index contributed by atoms with van der Waals surface area (Å²) in [7, 11) is 0. The predicted octanol–water partition coefficient (Wildman–Crippen LogP) is 5.02. The second kappa shape index (κ2) is 9.05. The summed E-state index contributed by atoms with van der Waals surface area (Å²) in [5.74, 6) is 1.45. The van der Waals surface area contributed by atoms with Crippen molar-refractivity contribution in [3.05, 3.63) is 51.1 Å². The van der Waals surface area contributed by atoms with E-state index in [-0.39, 0.29) is 5.91 Å². The van der Waals surface area contributed by atoms with Crippen LogP contribution in [0.25, 0.3) is 0 Å². The molecule has 0 saturated carbocycles. The molecule has 1 unspecified atom stereocenters. The topological polar surface area (TPSA) is 59.9 Å². The summed E-state index contributed by atoms with van der Waals surface area (Å²) in [4.78, 5) is 11.8.